The van der Waals surface area contributed by atoms with Crippen LogP contribution in [0.2, 0.25) is 0 Å². The third-order valence-electron chi connectivity index (χ3n) is 3.76. The predicted molar refractivity (Wildman–Crippen MR) is 87.3 cm³/mol. The highest BCUT2D eigenvalue weighted by atomic mass is 79.9. The van der Waals surface area contributed by atoms with Gasteiger partial charge in [-0.15, -0.1) is 0 Å². The lowest BCUT2D eigenvalue weighted by Gasteiger charge is -2.23. The van der Waals surface area contributed by atoms with Crippen molar-refractivity contribution >= 4 is 21.6 Å². The van der Waals surface area contributed by atoms with Gasteiger partial charge in [0.15, 0.2) is 0 Å². The number of hydrogen-bond acceptors (Lipinski definition) is 2. The summed E-state index contributed by atoms with van der Waals surface area (Å²) in [5.41, 5.74) is 9.27. The van der Waals surface area contributed by atoms with Gasteiger partial charge in [-0.2, -0.15) is 0 Å². The van der Waals surface area contributed by atoms with E-state index in [-0.39, 0.29) is 0 Å². The number of benzene rings is 2. The van der Waals surface area contributed by atoms with E-state index in [9.17, 15) is 0 Å². The van der Waals surface area contributed by atoms with E-state index in [1.165, 1.54) is 28.4 Å². The summed E-state index contributed by atoms with van der Waals surface area (Å²) >= 11 is 3.65. The Hall–Kier alpha value is -1.32. The molecular formula is C17H19BrN2. The summed E-state index contributed by atoms with van der Waals surface area (Å²) in [6.07, 6.45) is 2.64. The first-order chi connectivity index (χ1) is 9.72. The van der Waals surface area contributed by atoms with E-state index >= 15 is 0 Å². The first-order valence-electron chi connectivity index (χ1n) is 7.04. The Kier molecular flexibility index (Phi) is 4.08. The van der Waals surface area contributed by atoms with Gasteiger partial charge in [-0.3, -0.25) is 4.90 Å². The zero-order valence-electron chi connectivity index (χ0n) is 11.4. The minimum Gasteiger partial charge on any atom is -0.399 e. The molecule has 0 heterocycles. The molecule has 0 bridgehead atoms. The molecule has 1 fully saturated rings. The Balaban J connectivity index is 1.73. The van der Waals surface area contributed by atoms with Crippen LogP contribution in [0.15, 0.2) is 53.0 Å². The molecule has 0 radical (unpaired) electrons. The number of nitrogens with zero attached hydrogens (tertiary/aromatic N) is 1. The van der Waals surface area contributed by atoms with Crippen LogP contribution >= 0.6 is 15.9 Å². The average Bonchev–Trinajstić information content (AvgIpc) is 3.27. The van der Waals surface area contributed by atoms with Crippen molar-refractivity contribution < 1.29 is 0 Å². The van der Waals surface area contributed by atoms with Gasteiger partial charge in [0, 0.05) is 29.3 Å². The number of anilines is 1. The number of nitrogen functional groups attached to an aromatic ring is 1. The van der Waals surface area contributed by atoms with Crippen molar-refractivity contribution in [2.75, 3.05) is 5.73 Å². The van der Waals surface area contributed by atoms with Crippen LogP contribution in [-0.4, -0.2) is 10.9 Å². The Labute approximate surface area is 128 Å². The molecule has 2 nitrogen and oxygen atoms in total. The molecule has 20 heavy (non-hydrogen) atoms. The van der Waals surface area contributed by atoms with Crippen molar-refractivity contribution in [1.29, 1.82) is 0 Å². The monoisotopic (exact) mass is 330 g/mol. The fraction of sp³-hybridized carbons (Fsp3) is 0.294. The molecule has 0 spiro atoms. The van der Waals surface area contributed by atoms with E-state index in [4.69, 9.17) is 5.73 Å². The van der Waals surface area contributed by atoms with Gasteiger partial charge in [0.05, 0.1) is 0 Å². The molecule has 1 aliphatic rings. The van der Waals surface area contributed by atoms with Crippen molar-refractivity contribution in [3.05, 3.63) is 64.1 Å². The lowest BCUT2D eigenvalue weighted by atomic mass is 10.1. The standard InChI is InChI=1S/C17H19BrN2/c18-17-4-2-1-3-14(17)12-20(16-9-10-16)11-13-5-7-15(19)8-6-13/h1-8,16H,9-12,19H2. The molecule has 2 aromatic carbocycles. The Morgan fingerprint density at radius 1 is 1.00 bits per heavy atom. The quantitative estimate of drug-likeness (QED) is 0.832. The summed E-state index contributed by atoms with van der Waals surface area (Å²) in [4.78, 5) is 2.56. The average molecular weight is 331 g/mol. The van der Waals surface area contributed by atoms with Gasteiger partial charge in [0.25, 0.3) is 0 Å². The second-order valence-corrected chi connectivity index (χ2v) is 6.32. The van der Waals surface area contributed by atoms with Crippen LogP contribution in [0.3, 0.4) is 0 Å². The van der Waals surface area contributed by atoms with Crippen LogP contribution in [-0.2, 0) is 13.1 Å². The van der Waals surface area contributed by atoms with Crippen LogP contribution in [0, 0.1) is 0 Å². The summed E-state index contributed by atoms with van der Waals surface area (Å²) in [7, 11) is 0. The molecule has 0 unspecified atom stereocenters. The Morgan fingerprint density at radius 2 is 1.70 bits per heavy atom. The predicted octanol–water partition coefficient (Wildman–Crippen LogP) is 4.20. The van der Waals surface area contributed by atoms with Gasteiger partial charge >= 0.3 is 0 Å². The van der Waals surface area contributed by atoms with Gasteiger partial charge in [0.2, 0.25) is 0 Å². The van der Waals surface area contributed by atoms with Crippen LogP contribution in [0.25, 0.3) is 0 Å². The van der Waals surface area contributed by atoms with Crippen LogP contribution in [0.1, 0.15) is 24.0 Å². The fourth-order valence-corrected chi connectivity index (χ4v) is 2.87. The van der Waals surface area contributed by atoms with Crippen molar-refractivity contribution in [2.24, 2.45) is 0 Å². The lowest BCUT2D eigenvalue weighted by Crippen LogP contribution is -2.25. The Morgan fingerprint density at radius 3 is 2.35 bits per heavy atom. The van der Waals surface area contributed by atoms with Gasteiger partial charge in [-0.05, 0) is 42.2 Å². The molecule has 2 N–H and O–H groups in total. The minimum atomic E-state index is 0.736. The molecule has 3 heteroatoms. The van der Waals surface area contributed by atoms with E-state index in [1.54, 1.807) is 0 Å². The highest BCUT2D eigenvalue weighted by Crippen LogP contribution is 2.31. The summed E-state index contributed by atoms with van der Waals surface area (Å²) in [5, 5.41) is 0. The molecule has 2 aromatic rings. The summed E-state index contributed by atoms with van der Waals surface area (Å²) in [6, 6.07) is 17.4. The molecule has 104 valence electrons. The van der Waals surface area contributed by atoms with Crippen LogP contribution < -0.4 is 5.73 Å². The zero-order chi connectivity index (χ0) is 13.9. The molecule has 0 saturated heterocycles. The maximum atomic E-state index is 5.75. The van der Waals surface area contributed by atoms with Crippen LogP contribution in [0.5, 0.6) is 0 Å². The lowest BCUT2D eigenvalue weighted by molar-refractivity contribution is 0.245. The molecule has 1 saturated carbocycles. The SMILES string of the molecule is Nc1ccc(CN(Cc2ccccc2Br)C2CC2)cc1. The summed E-state index contributed by atoms with van der Waals surface area (Å²) < 4.78 is 1.20. The van der Waals surface area contributed by atoms with E-state index in [2.05, 4.69) is 57.2 Å². The number of halogens is 1. The van der Waals surface area contributed by atoms with E-state index in [0.717, 1.165) is 24.8 Å². The van der Waals surface area contributed by atoms with E-state index < -0.39 is 0 Å². The first-order valence-corrected chi connectivity index (χ1v) is 7.83. The smallest absolute Gasteiger partial charge is 0.0314 e. The third-order valence-corrected chi connectivity index (χ3v) is 4.53. The normalized spacial score (nSPS) is 14.7. The number of hydrogen-bond donors (Lipinski definition) is 1. The Bertz CT molecular complexity index is 576. The molecule has 1 aliphatic carbocycles. The van der Waals surface area contributed by atoms with E-state index in [0.29, 0.717) is 0 Å². The maximum absolute atomic E-state index is 5.75. The number of rotatable bonds is 5. The van der Waals surface area contributed by atoms with Gasteiger partial charge < -0.3 is 5.73 Å². The van der Waals surface area contributed by atoms with Gasteiger partial charge in [-0.1, -0.05) is 46.3 Å². The second-order valence-electron chi connectivity index (χ2n) is 5.47. The molecular weight excluding hydrogens is 312 g/mol. The zero-order valence-corrected chi connectivity index (χ0v) is 13.0. The fourth-order valence-electron chi connectivity index (χ4n) is 2.46. The van der Waals surface area contributed by atoms with E-state index in [1.807, 2.05) is 12.1 Å². The first kappa shape index (κ1) is 13.7. The second kappa shape index (κ2) is 5.98. The molecule has 0 amide bonds. The molecule has 0 aliphatic heterocycles. The molecule has 3 rings (SSSR count). The largest absolute Gasteiger partial charge is 0.399 e. The van der Waals surface area contributed by atoms with Crippen molar-refractivity contribution in [3.8, 4) is 0 Å². The van der Waals surface area contributed by atoms with Crippen molar-refractivity contribution in [3.63, 3.8) is 0 Å². The topological polar surface area (TPSA) is 29.3 Å². The minimum absolute atomic E-state index is 0.736. The molecule has 0 atom stereocenters. The highest BCUT2D eigenvalue weighted by Gasteiger charge is 2.29. The third kappa shape index (κ3) is 3.41. The number of nitrogens with two attached hydrogens (primary N) is 1. The highest BCUT2D eigenvalue weighted by molar-refractivity contribution is 9.10. The summed E-state index contributed by atoms with van der Waals surface area (Å²) in [6.45, 7) is 1.99. The summed E-state index contributed by atoms with van der Waals surface area (Å²) in [5.74, 6) is 0. The van der Waals surface area contributed by atoms with Crippen LogP contribution in [0.4, 0.5) is 5.69 Å². The van der Waals surface area contributed by atoms with Crippen molar-refractivity contribution in [2.45, 2.75) is 32.0 Å². The van der Waals surface area contributed by atoms with Gasteiger partial charge in [0.1, 0.15) is 0 Å². The molecule has 0 aromatic heterocycles. The maximum Gasteiger partial charge on any atom is 0.0314 e. The van der Waals surface area contributed by atoms with Crippen molar-refractivity contribution in [1.82, 2.24) is 4.90 Å². The van der Waals surface area contributed by atoms with Gasteiger partial charge in [-0.25, -0.2) is 0 Å².